The normalized spacial score (nSPS) is 40.0. The molecule has 5 atom stereocenters. The van der Waals surface area contributed by atoms with Crippen LogP contribution in [0.1, 0.15) is 32.6 Å². The molecule has 6 nitrogen and oxygen atoms in total. The number of hydrogen-bond acceptors (Lipinski definition) is 6. The first kappa shape index (κ1) is 17.4. The molecule has 7 heteroatoms. The highest BCUT2D eigenvalue weighted by molar-refractivity contribution is 8.00. The average molecular weight is 364 g/mol. The summed E-state index contributed by atoms with van der Waals surface area (Å²) in [6.45, 7) is 7.28. The highest BCUT2D eigenvalue weighted by Gasteiger charge is 2.44. The maximum atomic E-state index is 13.1. The van der Waals surface area contributed by atoms with Gasteiger partial charge in [0, 0.05) is 38.0 Å². The first-order valence-electron chi connectivity index (χ1n) is 9.75. The van der Waals surface area contributed by atoms with E-state index in [9.17, 15) is 4.79 Å². The van der Waals surface area contributed by atoms with Crippen molar-refractivity contribution in [3.05, 3.63) is 0 Å². The van der Waals surface area contributed by atoms with Crippen molar-refractivity contribution in [3.8, 4) is 6.19 Å². The van der Waals surface area contributed by atoms with Crippen LogP contribution < -0.4 is 5.32 Å². The molecule has 0 bridgehead atoms. The molecule has 4 rings (SSSR count). The monoisotopic (exact) mass is 363 g/mol. The fourth-order valence-corrected chi connectivity index (χ4v) is 6.67. The molecule has 1 saturated carbocycles. The SMILES string of the molecule is C[C@H]1CCCC[C@@H]1C1CNC(N2CCN3CCN(C#N)C[C@@H]3C2=O)S1. The molecule has 2 unspecified atom stereocenters. The van der Waals surface area contributed by atoms with Gasteiger partial charge in [-0.3, -0.25) is 15.0 Å². The Morgan fingerprint density at radius 2 is 2.00 bits per heavy atom. The lowest BCUT2D eigenvalue weighted by molar-refractivity contribution is -0.145. The first-order valence-corrected chi connectivity index (χ1v) is 10.7. The van der Waals surface area contributed by atoms with Crippen molar-refractivity contribution in [2.24, 2.45) is 11.8 Å². The van der Waals surface area contributed by atoms with E-state index in [2.05, 4.69) is 23.3 Å². The van der Waals surface area contributed by atoms with Gasteiger partial charge in [-0.1, -0.05) is 26.2 Å². The van der Waals surface area contributed by atoms with Gasteiger partial charge in [0.2, 0.25) is 5.91 Å². The summed E-state index contributed by atoms with van der Waals surface area (Å²) in [6.07, 6.45) is 7.65. The van der Waals surface area contributed by atoms with E-state index in [4.69, 9.17) is 5.26 Å². The van der Waals surface area contributed by atoms with Gasteiger partial charge in [-0.15, -0.1) is 11.8 Å². The van der Waals surface area contributed by atoms with Crippen LogP contribution in [0, 0.1) is 23.3 Å². The van der Waals surface area contributed by atoms with E-state index >= 15 is 0 Å². The largest absolute Gasteiger partial charge is 0.315 e. The molecule has 0 spiro atoms. The lowest BCUT2D eigenvalue weighted by atomic mass is 9.78. The Balaban J connectivity index is 1.39. The van der Waals surface area contributed by atoms with Gasteiger partial charge in [-0.25, -0.2) is 0 Å². The standard InChI is InChI=1S/C18H29N5OS/c1-13-4-2-3-5-14(13)16-10-20-18(25-16)23-9-8-22-7-6-21(12-19)11-15(22)17(23)24/h13-16,18,20H,2-11H2,1H3/t13-,14-,15+,16?,18?/m0/s1. The van der Waals surface area contributed by atoms with E-state index in [0.29, 0.717) is 11.8 Å². The van der Waals surface area contributed by atoms with Crippen molar-refractivity contribution in [2.75, 3.05) is 39.3 Å². The summed E-state index contributed by atoms with van der Waals surface area (Å²) in [6, 6.07) is -0.141. The minimum absolute atomic E-state index is 0.117. The van der Waals surface area contributed by atoms with Crippen LogP contribution in [0.3, 0.4) is 0 Å². The molecule has 0 radical (unpaired) electrons. The Hall–Kier alpha value is -0.970. The van der Waals surface area contributed by atoms with E-state index in [-0.39, 0.29) is 17.4 Å². The summed E-state index contributed by atoms with van der Waals surface area (Å²) in [5, 5.41) is 13.4. The fraction of sp³-hybridized carbons (Fsp3) is 0.889. The molecule has 0 aromatic rings. The maximum absolute atomic E-state index is 13.1. The third-order valence-electron chi connectivity index (χ3n) is 6.56. The summed E-state index contributed by atoms with van der Waals surface area (Å²) in [5.74, 6) is 1.80. The quantitative estimate of drug-likeness (QED) is 0.742. The predicted molar refractivity (Wildman–Crippen MR) is 98.6 cm³/mol. The summed E-state index contributed by atoms with van der Waals surface area (Å²) >= 11 is 1.97. The second-order valence-electron chi connectivity index (χ2n) is 7.99. The van der Waals surface area contributed by atoms with Crippen LogP contribution in [-0.2, 0) is 4.79 Å². The molecule has 138 valence electrons. The van der Waals surface area contributed by atoms with Gasteiger partial charge >= 0.3 is 0 Å². The number of fused-ring (bicyclic) bond motifs is 1. The lowest BCUT2D eigenvalue weighted by Gasteiger charge is -2.46. The second kappa shape index (κ2) is 7.34. The van der Waals surface area contributed by atoms with Crippen molar-refractivity contribution in [1.82, 2.24) is 20.0 Å². The van der Waals surface area contributed by atoms with Crippen molar-refractivity contribution < 1.29 is 4.79 Å². The number of nitrogens with zero attached hydrogens (tertiary/aromatic N) is 4. The summed E-state index contributed by atoms with van der Waals surface area (Å²) in [7, 11) is 0. The van der Waals surface area contributed by atoms with Gasteiger partial charge < -0.3 is 9.80 Å². The molecule has 0 aromatic heterocycles. The molecule has 25 heavy (non-hydrogen) atoms. The third-order valence-corrected chi connectivity index (χ3v) is 8.11. The van der Waals surface area contributed by atoms with Crippen LogP contribution >= 0.6 is 11.8 Å². The fourth-order valence-electron chi connectivity index (χ4n) is 5.00. The summed E-state index contributed by atoms with van der Waals surface area (Å²) in [5.41, 5.74) is 0.117. The Kier molecular flexibility index (Phi) is 5.12. The number of nitrogens with one attached hydrogen (secondary N) is 1. The van der Waals surface area contributed by atoms with Gasteiger partial charge in [0.15, 0.2) is 6.19 Å². The molecule has 1 N–H and O–H groups in total. The zero-order valence-electron chi connectivity index (χ0n) is 15.1. The van der Waals surface area contributed by atoms with Crippen LogP contribution in [0.15, 0.2) is 0 Å². The van der Waals surface area contributed by atoms with Crippen molar-refractivity contribution in [1.29, 1.82) is 5.26 Å². The van der Waals surface area contributed by atoms with Crippen LogP contribution in [0.2, 0.25) is 0 Å². The average Bonchev–Trinajstić information content (AvgIpc) is 3.12. The zero-order chi connectivity index (χ0) is 17.4. The number of hydrogen-bond donors (Lipinski definition) is 1. The number of carbonyl (C=O) groups is 1. The van der Waals surface area contributed by atoms with Gasteiger partial charge in [0.1, 0.15) is 11.5 Å². The Morgan fingerprint density at radius 3 is 2.80 bits per heavy atom. The van der Waals surface area contributed by atoms with Gasteiger partial charge in [0.25, 0.3) is 0 Å². The van der Waals surface area contributed by atoms with Crippen molar-refractivity contribution in [3.63, 3.8) is 0 Å². The number of amides is 1. The number of piperazine rings is 2. The molecule has 1 aliphatic carbocycles. The molecule has 1 amide bonds. The van der Waals surface area contributed by atoms with Crippen molar-refractivity contribution in [2.45, 2.75) is 49.4 Å². The molecule has 0 aromatic carbocycles. The molecule has 3 saturated heterocycles. The van der Waals surface area contributed by atoms with Crippen LogP contribution in [-0.4, -0.2) is 76.7 Å². The first-order chi connectivity index (χ1) is 12.2. The van der Waals surface area contributed by atoms with Crippen LogP contribution in [0.5, 0.6) is 0 Å². The predicted octanol–water partition coefficient (Wildman–Crippen LogP) is 1.11. The van der Waals surface area contributed by atoms with Gasteiger partial charge in [-0.2, -0.15) is 5.26 Å². The third kappa shape index (κ3) is 3.36. The summed E-state index contributed by atoms with van der Waals surface area (Å²) in [4.78, 5) is 19.1. The van der Waals surface area contributed by atoms with E-state index in [1.165, 1.54) is 25.7 Å². The highest BCUT2D eigenvalue weighted by Crippen LogP contribution is 2.41. The highest BCUT2D eigenvalue weighted by atomic mass is 32.2. The number of thioether (sulfide) groups is 1. The smallest absolute Gasteiger partial charge is 0.243 e. The number of rotatable bonds is 2. The van der Waals surface area contributed by atoms with E-state index in [1.807, 2.05) is 16.7 Å². The van der Waals surface area contributed by atoms with Crippen molar-refractivity contribution >= 4 is 17.7 Å². The second-order valence-corrected chi connectivity index (χ2v) is 9.31. The van der Waals surface area contributed by atoms with E-state index in [0.717, 1.165) is 44.6 Å². The molecule has 3 heterocycles. The van der Waals surface area contributed by atoms with E-state index < -0.39 is 0 Å². The topological polar surface area (TPSA) is 62.6 Å². The minimum Gasteiger partial charge on any atom is -0.315 e. The van der Waals surface area contributed by atoms with Crippen LogP contribution in [0.25, 0.3) is 0 Å². The summed E-state index contributed by atoms with van der Waals surface area (Å²) < 4.78 is 0. The Labute approximate surface area is 154 Å². The number of nitriles is 1. The molecular formula is C18H29N5OS. The number of carbonyl (C=O) groups excluding carboxylic acids is 1. The maximum Gasteiger partial charge on any atom is 0.243 e. The molecule has 3 aliphatic heterocycles. The molecule has 4 aliphatic rings. The van der Waals surface area contributed by atoms with Crippen LogP contribution in [0.4, 0.5) is 0 Å². The Bertz CT molecular complexity index is 552. The minimum atomic E-state index is -0.141. The van der Waals surface area contributed by atoms with Gasteiger partial charge in [0.05, 0.1) is 6.54 Å². The van der Waals surface area contributed by atoms with E-state index in [1.54, 1.807) is 4.90 Å². The lowest BCUT2D eigenvalue weighted by Crippen LogP contribution is -2.66. The molecule has 4 fully saturated rings. The zero-order valence-corrected chi connectivity index (χ0v) is 15.9. The molecular weight excluding hydrogens is 334 g/mol. The Morgan fingerprint density at radius 1 is 1.20 bits per heavy atom. The van der Waals surface area contributed by atoms with Gasteiger partial charge in [-0.05, 0) is 18.3 Å².